The van der Waals surface area contributed by atoms with Crippen molar-refractivity contribution in [3.63, 3.8) is 0 Å². The highest BCUT2D eigenvalue weighted by atomic mass is 19.1. The molecule has 3 heterocycles. The molecule has 0 unspecified atom stereocenters. The van der Waals surface area contributed by atoms with Crippen LogP contribution in [0.5, 0.6) is 0 Å². The summed E-state index contributed by atoms with van der Waals surface area (Å²) in [5.41, 5.74) is 2.01. The molecular weight excluding hydrogens is 416 g/mol. The summed E-state index contributed by atoms with van der Waals surface area (Å²) < 4.78 is 41.2. The fraction of sp³-hybridized carbons (Fsp3) is 0.458. The first-order valence-corrected chi connectivity index (χ1v) is 11.2. The summed E-state index contributed by atoms with van der Waals surface area (Å²) in [5.74, 6) is -2.42. The Kier molecular flexibility index (Phi) is 5.61. The third-order valence-corrected chi connectivity index (χ3v) is 6.58. The molecule has 0 aliphatic carbocycles. The first kappa shape index (κ1) is 21.3. The second-order valence-corrected chi connectivity index (χ2v) is 8.67. The van der Waals surface area contributed by atoms with E-state index >= 15 is 0 Å². The zero-order valence-electron chi connectivity index (χ0n) is 18.0. The van der Waals surface area contributed by atoms with Crippen LogP contribution in [0, 0.1) is 11.6 Å². The second-order valence-electron chi connectivity index (χ2n) is 8.67. The minimum Gasteiger partial charge on any atom is -0.317 e. The van der Waals surface area contributed by atoms with Gasteiger partial charge >= 0.3 is 5.69 Å². The predicted molar refractivity (Wildman–Crippen MR) is 116 cm³/mol. The molecule has 5 rings (SSSR count). The molecule has 1 N–H and O–H groups in total. The van der Waals surface area contributed by atoms with Crippen LogP contribution in [0.25, 0.3) is 11.0 Å². The minimum absolute atomic E-state index is 0.0543. The quantitative estimate of drug-likeness (QED) is 0.618. The first-order chi connectivity index (χ1) is 15.4. The normalized spacial score (nSPS) is 24.7. The van der Waals surface area contributed by atoms with Crippen molar-refractivity contribution in [1.82, 2.24) is 14.5 Å². The number of nitrogens with one attached hydrogen (secondary N) is 1. The molecule has 0 bridgehead atoms. The van der Waals surface area contributed by atoms with E-state index in [0.717, 1.165) is 56.0 Å². The molecule has 32 heavy (non-hydrogen) atoms. The summed E-state index contributed by atoms with van der Waals surface area (Å²) in [7, 11) is 0. The van der Waals surface area contributed by atoms with Crippen molar-refractivity contribution in [3.05, 3.63) is 70.1 Å². The number of nitrogens with zero attached hydrogens (tertiary/aromatic N) is 2. The monoisotopic (exact) mass is 443 g/mol. The van der Waals surface area contributed by atoms with Gasteiger partial charge in [-0.1, -0.05) is 12.1 Å². The van der Waals surface area contributed by atoms with Gasteiger partial charge < -0.3 is 19.4 Å². The Bertz CT molecular complexity index is 1160. The van der Waals surface area contributed by atoms with Crippen molar-refractivity contribution in [2.45, 2.75) is 50.7 Å². The van der Waals surface area contributed by atoms with E-state index in [4.69, 9.17) is 9.47 Å². The Balaban J connectivity index is 1.19. The number of likely N-dealkylation sites (tertiary alicyclic amines) is 1. The van der Waals surface area contributed by atoms with Crippen LogP contribution in [-0.2, 0) is 15.3 Å². The van der Waals surface area contributed by atoms with Gasteiger partial charge in [-0.3, -0.25) is 4.57 Å². The van der Waals surface area contributed by atoms with E-state index in [9.17, 15) is 13.6 Å². The lowest BCUT2D eigenvalue weighted by molar-refractivity contribution is -0.459. The van der Waals surface area contributed by atoms with Gasteiger partial charge in [0, 0.05) is 37.2 Å². The third kappa shape index (κ3) is 3.87. The first-order valence-electron chi connectivity index (χ1n) is 11.2. The Morgan fingerprint density at radius 2 is 1.88 bits per heavy atom. The SMILES string of the molecule is CC1OC(CCCN2CCC(n3c(=O)[nH]c4ccccc43)CC2)(c2ccc(F)cc2F)O1. The van der Waals surface area contributed by atoms with E-state index in [1.54, 1.807) is 6.92 Å². The molecule has 3 aromatic rings. The average Bonchev–Trinajstić information content (AvgIpc) is 3.08. The van der Waals surface area contributed by atoms with Crippen LogP contribution in [0.1, 0.15) is 44.2 Å². The molecule has 2 aliphatic rings. The van der Waals surface area contributed by atoms with Gasteiger partial charge in [0.05, 0.1) is 11.0 Å². The molecule has 0 spiro atoms. The summed E-state index contributed by atoms with van der Waals surface area (Å²) >= 11 is 0. The van der Waals surface area contributed by atoms with Gasteiger partial charge in [-0.05, 0) is 57.0 Å². The number of hydrogen-bond donors (Lipinski definition) is 1. The molecule has 2 aromatic carbocycles. The zero-order chi connectivity index (χ0) is 22.3. The van der Waals surface area contributed by atoms with Crippen LogP contribution in [-0.4, -0.2) is 40.4 Å². The molecule has 1 aromatic heterocycles. The van der Waals surface area contributed by atoms with Crippen LogP contribution in [0.4, 0.5) is 8.78 Å². The standard InChI is InChI=1S/C24H27F2N3O3/c1-16-31-24(32-16,19-8-7-17(25)15-20(19)26)11-4-12-28-13-9-18(10-14-28)29-22-6-3-2-5-21(22)27-23(29)30/h2-3,5-8,15-16,18H,4,9-14H2,1H3,(H,27,30). The summed E-state index contributed by atoms with van der Waals surface area (Å²) in [5, 5.41) is 0. The van der Waals surface area contributed by atoms with Crippen LogP contribution in [0.3, 0.4) is 0 Å². The maximum absolute atomic E-state index is 14.4. The second kappa shape index (κ2) is 8.42. The summed E-state index contributed by atoms with van der Waals surface area (Å²) in [4.78, 5) is 17.8. The Labute approximate surface area is 184 Å². The van der Waals surface area contributed by atoms with E-state index in [-0.39, 0.29) is 17.3 Å². The number of benzene rings is 2. The molecule has 2 saturated heterocycles. The molecule has 170 valence electrons. The molecule has 2 aliphatic heterocycles. The number of hydrogen-bond acceptors (Lipinski definition) is 4. The maximum atomic E-state index is 14.4. The van der Waals surface area contributed by atoms with Crippen molar-refractivity contribution in [2.24, 2.45) is 0 Å². The van der Waals surface area contributed by atoms with Crippen molar-refractivity contribution in [3.8, 4) is 0 Å². The lowest BCUT2D eigenvalue weighted by Crippen LogP contribution is -2.50. The van der Waals surface area contributed by atoms with E-state index in [2.05, 4.69) is 9.88 Å². The summed E-state index contributed by atoms with van der Waals surface area (Å²) in [6.45, 7) is 4.34. The molecular formula is C24H27F2N3O3. The fourth-order valence-electron chi connectivity index (χ4n) is 5.10. The van der Waals surface area contributed by atoms with Crippen LogP contribution in [0.2, 0.25) is 0 Å². The fourth-order valence-corrected chi connectivity index (χ4v) is 5.10. The van der Waals surface area contributed by atoms with E-state index < -0.39 is 23.7 Å². The lowest BCUT2D eigenvalue weighted by Gasteiger charge is -2.47. The highest BCUT2D eigenvalue weighted by Gasteiger charge is 2.47. The number of halogens is 2. The largest absolute Gasteiger partial charge is 0.326 e. The molecule has 0 amide bonds. The Hall–Kier alpha value is -2.55. The number of aromatic amines is 1. The summed E-state index contributed by atoms with van der Waals surface area (Å²) in [6.07, 6.45) is 2.61. The number of ether oxygens (including phenoxy) is 2. The molecule has 6 nitrogen and oxygen atoms in total. The van der Waals surface area contributed by atoms with Gasteiger partial charge in [0.15, 0.2) is 6.29 Å². The zero-order valence-corrected chi connectivity index (χ0v) is 18.0. The highest BCUT2D eigenvalue weighted by Crippen LogP contribution is 2.43. The van der Waals surface area contributed by atoms with Crippen molar-refractivity contribution in [2.75, 3.05) is 19.6 Å². The van der Waals surface area contributed by atoms with Crippen molar-refractivity contribution < 1.29 is 18.3 Å². The van der Waals surface area contributed by atoms with Gasteiger partial charge in [0.25, 0.3) is 0 Å². The smallest absolute Gasteiger partial charge is 0.317 e. The van der Waals surface area contributed by atoms with E-state index in [0.29, 0.717) is 6.42 Å². The number of imidazole rings is 1. The minimum atomic E-state index is -1.15. The van der Waals surface area contributed by atoms with Crippen molar-refractivity contribution >= 4 is 11.0 Å². The van der Waals surface area contributed by atoms with Gasteiger partial charge in [-0.2, -0.15) is 0 Å². The van der Waals surface area contributed by atoms with Gasteiger partial charge in [-0.15, -0.1) is 0 Å². The summed E-state index contributed by atoms with van der Waals surface area (Å²) in [6, 6.07) is 11.5. The number of rotatable bonds is 6. The highest BCUT2D eigenvalue weighted by molar-refractivity contribution is 5.75. The molecule has 0 atom stereocenters. The number of para-hydroxylation sites is 2. The van der Waals surface area contributed by atoms with Gasteiger partial charge in [0.1, 0.15) is 11.6 Å². The van der Waals surface area contributed by atoms with Gasteiger partial charge in [-0.25, -0.2) is 13.6 Å². The van der Waals surface area contributed by atoms with E-state index in [1.165, 1.54) is 12.1 Å². The van der Waals surface area contributed by atoms with Crippen LogP contribution >= 0.6 is 0 Å². The number of piperidine rings is 1. The van der Waals surface area contributed by atoms with Gasteiger partial charge in [0.2, 0.25) is 5.79 Å². The van der Waals surface area contributed by atoms with Crippen molar-refractivity contribution in [1.29, 1.82) is 0 Å². The number of aromatic nitrogens is 2. The van der Waals surface area contributed by atoms with Crippen LogP contribution < -0.4 is 5.69 Å². The average molecular weight is 443 g/mol. The number of fused-ring (bicyclic) bond motifs is 1. The van der Waals surface area contributed by atoms with Crippen LogP contribution in [0.15, 0.2) is 47.3 Å². The molecule has 2 fully saturated rings. The van der Waals surface area contributed by atoms with E-state index in [1.807, 2.05) is 28.8 Å². The Morgan fingerprint density at radius 3 is 2.59 bits per heavy atom. The lowest BCUT2D eigenvalue weighted by atomic mass is 9.97. The molecule has 8 heteroatoms. The number of H-pyrrole nitrogens is 1. The molecule has 0 radical (unpaired) electrons. The third-order valence-electron chi connectivity index (χ3n) is 6.58. The molecule has 0 saturated carbocycles. The Morgan fingerprint density at radius 1 is 1.12 bits per heavy atom. The predicted octanol–water partition coefficient (Wildman–Crippen LogP) is 4.27. The maximum Gasteiger partial charge on any atom is 0.326 e. The topological polar surface area (TPSA) is 59.5 Å².